The van der Waals surface area contributed by atoms with E-state index in [0.29, 0.717) is 13.0 Å². The molecule has 6 heteroatoms. The highest BCUT2D eigenvalue weighted by atomic mass is 16.2. The van der Waals surface area contributed by atoms with Crippen molar-refractivity contribution in [3.63, 3.8) is 0 Å². The van der Waals surface area contributed by atoms with Gasteiger partial charge in [0.2, 0.25) is 11.7 Å². The minimum Gasteiger partial charge on any atom is -0.368 e. The molecule has 0 radical (unpaired) electrons. The molecule has 1 saturated heterocycles. The van der Waals surface area contributed by atoms with Crippen molar-refractivity contribution in [1.29, 1.82) is 0 Å². The number of primary amides is 1. The molecular formula is C18H29N3O3. The highest BCUT2D eigenvalue weighted by Gasteiger charge is 2.81. The fourth-order valence-electron chi connectivity index (χ4n) is 5.21. The first kappa shape index (κ1) is 17.4. The number of piperidine rings is 1. The number of carbonyl (C=O) groups excluding carboxylic acids is 3. The molecule has 6 nitrogen and oxygen atoms in total. The van der Waals surface area contributed by atoms with Gasteiger partial charge < -0.3 is 16.4 Å². The van der Waals surface area contributed by atoms with Gasteiger partial charge in [-0.3, -0.25) is 14.4 Å². The lowest BCUT2D eigenvalue weighted by Gasteiger charge is -2.33. The molecule has 3 unspecified atom stereocenters. The van der Waals surface area contributed by atoms with Gasteiger partial charge in [0, 0.05) is 17.4 Å². The molecule has 0 aromatic rings. The van der Waals surface area contributed by atoms with E-state index >= 15 is 0 Å². The molecule has 134 valence electrons. The van der Waals surface area contributed by atoms with Crippen LogP contribution in [0, 0.1) is 22.7 Å². The average Bonchev–Trinajstić information content (AvgIpc) is 3.34. The SMILES string of the molecule is CCCC[C@H](C(=O)C(=O)NC1CC1)C12C(C(N)=O)NCC1C2(C)C. The van der Waals surface area contributed by atoms with Gasteiger partial charge in [-0.25, -0.2) is 0 Å². The van der Waals surface area contributed by atoms with E-state index in [-0.39, 0.29) is 23.2 Å². The number of fused-ring (bicyclic) bond motifs is 1. The molecule has 0 aromatic carbocycles. The van der Waals surface area contributed by atoms with Crippen LogP contribution in [0.4, 0.5) is 0 Å². The topological polar surface area (TPSA) is 101 Å². The molecule has 4 atom stereocenters. The Balaban J connectivity index is 1.90. The van der Waals surface area contributed by atoms with Crippen LogP contribution in [0.1, 0.15) is 52.9 Å². The maximum Gasteiger partial charge on any atom is 0.287 e. The summed E-state index contributed by atoms with van der Waals surface area (Å²) in [6.45, 7) is 6.94. The third kappa shape index (κ3) is 2.38. The van der Waals surface area contributed by atoms with Crippen LogP contribution in [0.5, 0.6) is 0 Å². The first-order valence-electron chi connectivity index (χ1n) is 9.15. The van der Waals surface area contributed by atoms with E-state index in [2.05, 4.69) is 31.4 Å². The van der Waals surface area contributed by atoms with Gasteiger partial charge in [-0.15, -0.1) is 0 Å². The normalized spacial score (nSPS) is 34.3. The number of amides is 2. The van der Waals surface area contributed by atoms with Gasteiger partial charge in [0.1, 0.15) is 0 Å². The molecule has 0 bridgehead atoms. The number of unbranched alkanes of at least 4 members (excludes halogenated alkanes) is 1. The molecular weight excluding hydrogens is 306 g/mol. The number of rotatable bonds is 8. The number of nitrogens with two attached hydrogens (primary N) is 1. The van der Waals surface area contributed by atoms with E-state index in [0.717, 1.165) is 25.7 Å². The zero-order valence-electron chi connectivity index (χ0n) is 14.9. The second kappa shape index (κ2) is 5.83. The molecule has 2 saturated carbocycles. The number of nitrogens with one attached hydrogen (secondary N) is 2. The maximum atomic E-state index is 13.0. The van der Waals surface area contributed by atoms with Crippen molar-refractivity contribution in [3.8, 4) is 0 Å². The van der Waals surface area contributed by atoms with Crippen molar-refractivity contribution >= 4 is 17.6 Å². The number of hydrogen-bond acceptors (Lipinski definition) is 4. The van der Waals surface area contributed by atoms with Crippen molar-refractivity contribution in [2.75, 3.05) is 6.54 Å². The van der Waals surface area contributed by atoms with Crippen molar-refractivity contribution in [2.45, 2.75) is 65.0 Å². The molecule has 0 aromatic heterocycles. The highest BCUT2D eigenvalue weighted by Crippen LogP contribution is 2.76. The lowest BCUT2D eigenvalue weighted by molar-refractivity contribution is -0.143. The Kier molecular flexibility index (Phi) is 4.22. The summed E-state index contributed by atoms with van der Waals surface area (Å²) in [4.78, 5) is 37.4. The zero-order chi connectivity index (χ0) is 17.7. The Labute approximate surface area is 143 Å². The fourth-order valence-corrected chi connectivity index (χ4v) is 5.21. The zero-order valence-corrected chi connectivity index (χ0v) is 14.9. The first-order valence-corrected chi connectivity index (χ1v) is 9.15. The fraction of sp³-hybridized carbons (Fsp3) is 0.833. The number of Topliss-reactive ketones (excluding diaryl/α,β-unsaturated/α-hetero) is 1. The third-order valence-corrected chi connectivity index (χ3v) is 6.64. The van der Waals surface area contributed by atoms with Gasteiger partial charge in [0.25, 0.3) is 5.91 Å². The van der Waals surface area contributed by atoms with Gasteiger partial charge in [-0.05, 0) is 37.1 Å². The quantitative estimate of drug-likeness (QED) is 0.569. The van der Waals surface area contributed by atoms with Crippen LogP contribution in [0.25, 0.3) is 0 Å². The van der Waals surface area contributed by atoms with E-state index in [1.807, 2.05) is 0 Å². The molecule has 3 fully saturated rings. The van der Waals surface area contributed by atoms with Crippen LogP contribution in [0.3, 0.4) is 0 Å². The lowest BCUT2D eigenvalue weighted by atomic mass is 9.72. The number of ketones is 1. The van der Waals surface area contributed by atoms with Crippen LogP contribution >= 0.6 is 0 Å². The van der Waals surface area contributed by atoms with Crippen LogP contribution in [0.15, 0.2) is 0 Å². The summed E-state index contributed by atoms with van der Waals surface area (Å²) in [5.41, 5.74) is 4.96. The van der Waals surface area contributed by atoms with Crippen molar-refractivity contribution in [1.82, 2.24) is 10.6 Å². The number of hydrogen-bond donors (Lipinski definition) is 3. The third-order valence-electron chi connectivity index (χ3n) is 6.64. The van der Waals surface area contributed by atoms with E-state index in [4.69, 9.17) is 5.73 Å². The molecule has 3 rings (SSSR count). The number of carbonyl (C=O) groups is 3. The second-order valence-electron chi connectivity index (χ2n) is 8.26. The second-order valence-corrected chi connectivity index (χ2v) is 8.26. The van der Waals surface area contributed by atoms with Gasteiger partial charge in [-0.2, -0.15) is 0 Å². The predicted octanol–water partition coefficient (Wildman–Crippen LogP) is 0.740. The minimum absolute atomic E-state index is 0.155. The average molecular weight is 335 g/mol. The smallest absolute Gasteiger partial charge is 0.287 e. The van der Waals surface area contributed by atoms with Gasteiger partial charge in [-0.1, -0.05) is 33.6 Å². The molecule has 3 aliphatic rings. The van der Waals surface area contributed by atoms with Gasteiger partial charge in [0.05, 0.1) is 6.04 Å². The van der Waals surface area contributed by atoms with E-state index in [9.17, 15) is 14.4 Å². The standard InChI is InChI=1S/C18H29N3O3/c1-4-5-6-11(13(22)16(24)21-10-7-8-10)18-12(17(18,2)3)9-20-14(18)15(19)23/h10-12,14,20H,4-9H2,1-3H3,(H2,19,23)(H,21,24)/t11-,12?,14?,18?/m1/s1. The van der Waals surface area contributed by atoms with Crippen LogP contribution in [-0.4, -0.2) is 36.2 Å². The van der Waals surface area contributed by atoms with Crippen LogP contribution in [-0.2, 0) is 14.4 Å². The predicted molar refractivity (Wildman–Crippen MR) is 89.9 cm³/mol. The molecule has 0 spiro atoms. The van der Waals surface area contributed by atoms with Crippen LogP contribution < -0.4 is 16.4 Å². The van der Waals surface area contributed by atoms with E-state index < -0.39 is 29.2 Å². The summed E-state index contributed by atoms with van der Waals surface area (Å²) in [5.74, 6) is -1.49. The summed E-state index contributed by atoms with van der Waals surface area (Å²) >= 11 is 0. The lowest BCUT2D eigenvalue weighted by Crippen LogP contribution is -2.52. The maximum absolute atomic E-state index is 13.0. The van der Waals surface area contributed by atoms with Crippen LogP contribution in [0.2, 0.25) is 0 Å². The molecule has 4 N–H and O–H groups in total. The summed E-state index contributed by atoms with van der Waals surface area (Å²) < 4.78 is 0. The highest BCUT2D eigenvalue weighted by molar-refractivity contribution is 6.37. The van der Waals surface area contributed by atoms with Crippen molar-refractivity contribution in [3.05, 3.63) is 0 Å². The summed E-state index contributed by atoms with van der Waals surface area (Å²) in [7, 11) is 0. The monoisotopic (exact) mass is 335 g/mol. The Morgan fingerprint density at radius 3 is 2.46 bits per heavy atom. The van der Waals surface area contributed by atoms with Crippen molar-refractivity contribution in [2.24, 2.45) is 28.4 Å². The largest absolute Gasteiger partial charge is 0.368 e. The minimum atomic E-state index is -0.531. The van der Waals surface area contributed by atoms with Gasteiger partial charge in [0.15, 0.2) is 0 Å². The van der Waals surface area contributed by atoms with Crippen molar-refractivity contribution < 1.29 is 14.4 Å². The van der Waals surface area contributed by atoms with Gasteiger partial charge >= 0.3 is 0 Å². The van der Waals surface area contributed by atoms with E-state index in [1.165, 1.54) is 0 Å². The molecule has 2 amide bonds. The molecule has 2 aliphatic carbocycles. The molecule has 1 aliphatic heterocycles. The molecule has 24 heavy (non-hydrogen) atoms. The summed E-state index contributed by atoms with van der Waals surface area (Å²) in [6.07, 6.45) is 4.35. The summed E-state index contributed by atoms with van der Waals surface area (Å²) in [5, 5.41) is 6.01. The molecule has 1 heterocycles. The Hall–Kier alpha value is -1.43. The summed E-state index contributed by atoms with van der Waals surface area (Å²) in [6, 6.07) is -0.376. The first-order chi connectivity index (χ1) is 11.3. The Morgan fingerprint density at radius 1 is 1.29 bits per heavy atom. The Bertz CT molecular complexity index is 570. The Morgan fingerprint density at radius 2 is 1.96 bits per heavy atom. The van der Waals surface area contributed by atoms with E-state index in [1.54, 1.807) is 0 Å².